The quantitative estimate of drug-likeness (QED) is 0.276. The summed E-state index contributed by atoms with van der Waals surface area (Å²) in [6.07, 6.45) is 1.10. The van der Waals surface area contributed by atoms with E-state index in [9.17, 15) is 29.1 Å². The monoisotopic (exact) mass is 566 g/mol. The van der Waals surface area contributed by atoms with E-state index in [0.29, 0.717) is 6.42 Å². The number of carbonyl (C=O) groups excluding carboxylic acids is 4. The smallest absolute Gasteiger partial charge is 0.337 e. The minimum Gasteiger partial charge on any atom is -0.478 e. The summed E-state index contributed by atoms with van der Waals surface area (Å²) in [5, 5.41) is 17.7. The van der Waals surface area contributed by atoms with Crippen LogP contribution in [0.5, 0.6) is 0 Å². The molecule has 10 heteroatoms. The van der Waals surface area contributed by atoms with Gasteiger partial charge < -0.3 is 26.0 Å². The Hall–Kier alpha value is -4.21. The molecule has 0 fully saturated rings. The van der Waals surface area contributed by atoms with Crippen LogP contribution < -0.4 is 16.0 Å². The maximum absolute atomic E-state index is 13.8. The molecular weight excluding hydrogens is 524 g/mol. The van der Waals surface area contributed by atoms with Gasteiger partial charge >= 0.3 is 5.97 Å². The summed E-state index contributed by atoms with van der Waals surface area (Å²) in [7, 11) is 1.52. The van der Waals surface area contributed by atoms with Crippen molar-refractivity contribution >= 4 is 35.3 Å². The van der Waals surface area contributed by atoms with Gasteiger partial charge in [-0.25, -0.2) is 4.79 Å². The number of amides is 4. The van der Waals surface area contributed by atoms with Crippen molar-refractivity contribution in [2.75, 3.05) is 12.4 Å². The lowest BCUT2D eigenvalue weighted by molar-refractivity contribution is -0.143. The lowest BCUT2D eigenvalue weighted by Gasteiger charge is -2.34. The minimum atomic E-state index is -1.19. The van der Waals surface area contributed by atoms with Crippen LogP contribution in [0.4, 0.5) is 5.69 Å². The molecule has 4 N–H and O–H groups in total. The first-order valence-corrected chi connectivity index (χ1v) is 13.9. The van der Waals surface area contributed by atoms with Gasteiger partial charge in [0.1, 0.15) is 18.1 Å². The van der Waals surface area contributed by atoms with Crippen LogP contribution in [0.25, 0.3) is 0 Å². The Morgan fingerprint density at radius 2 is 1.49 bits per heavy atom. The molecule has 0 unspecified atom stereocenters. The molecule has 4 amide bonds. The number of carboxylic acid groups (broad SMARTS) is 1. The first kappa shape index (κ1) is 33.0. The predicted octanol–water partition coefficient (Wildman–Crippen LogP) is 3.47. The number of carboxylic acids is 1. The zero-order chi connectivity index (χ0) is 30.7. The first-order chi connectivity index (χ1) is 19.3. The summed E-state index contributed by atoms with van der Waals surface area (Å²) in [4.78, 5) is 65.7. The third-order valence-electron chi connectivity index (χ3n) is 6.98. The highest BCUT2D eigenvalue weighted by Crippen LogP contribution is 2.18. The van der Waals surface area contributed by atoms with Crippen LogP contribution in [-0.2, 0) is 25.6 Å². The predicted molar refractivity (Wildman–Crippen MR) is 157 cm³/mol. The maximum atomic E-state index is 13.8. The fraction of sp³-hybridized carbons (Fsp3) is 0.452. The largest absolute Gasteiger partial charge is 0.478 e. The Kier molecular flexibility index (Phi) is 12.5. The van der Waals surface area contributed by atoms with Crippen LogP contribution in [-0.4, -0.2) is 64.8 Å². The summed E-state index contributed by atoms with van der Waals surface area (Å²) < 4.78 is 0. The van der Waals surface area contributed by atoms with Crippen LogP contribution in [0.15, 0.2) is 54.6 Å². The molecule has 0 heterocycles. The van der Waals surface area contributed by atoms with E-state index >= 15 is 0 Å². The van der Waals surface area contributed by atoms with Crippen LogP contribution in [0.1, 0.15) is 63.4 Å². The second kappa shape index (κ2) is 15.5. The molecule has 2 aromatic carbocycles. The third kappa shape index (κ3) is 9.73. The number of nitrogens with one attached hydrogen (secondary N) is 3. The average molecular weight is 567 g/mol. The highest BCUT2D eigenvalue weighted by Gasteiger charge is 2.35. The molecule has 4 atom stereocenters. The van der Waals surface area contributed by atoms with E-state index in [1.807, 2.05) is 58.0 Å². The second-order valence-corrected chi connectivity index (χ2v) is 10.7. The SMILES string of the molecule is CC[C@@H](C)[C@H](NC(C)=O)C(=O)N(C)[C@H](Cc1ccccc1)C(=O)N[C@@H](CC(C)C)C(=O)Nc1ccccc1C(=O)O. The van der Waals surface area contributed by atoms with Gasteiger partial charge in [-0.2, -0.15) is 0 Å². The number of carbonyl (C=O) groups is 5. The molecule has 222 valence electrons. The van der Waals surface area contributed by atoms with Crippen molar-refractivity contribution in [1.82, 2.24) is 15.5 Å². The summed E-state index contributed by atoms with van der Waals surface area (Å²) in [5.74, 6) is -3.22. The summed E-state index contributed by atoms with van der Waals surface area (Å²) in [5.41, 5.74) is 0.858. The van der Waals surface area contributed by atoms with Gasteiger partial charge in [-0.1, -0.05) is 76.6 Å². The van der Waals surface area contributed by atoms with E-state index in [4.69, 9.17) is 0 Å². The van der Waals surface area contributed by atoms with E-state index in [0.717, 1.165) is 5.56 Å². The van der Waals surface area contributed by atoms with Crippen LogP contribution in [0.3, 0.4) is 0 Å². The van der Waals surface area contributed by atoms with Gasteiger partial charge in [0, 0.05) is 20.4 Å². The summed E-state index contributed by atoms with van der Waals surface area (Å²) in [6.45, 7) is 8.92. The molecule has 0 spiro atoms. The summed E-state index contributed by atoms with van der Waals surface area (Å²) >= 11 is 0. The summed E-state index contributed by atoms with van der Waals surface area (Å²) in [6, 6.07) is 12.4. The Balaban J connectivity index is 2.39. The fourth-order valence-electron chi connectivity index (χ4n) is 4.49. The number of nitrogens with zero attached hydrogens (tertiary/aromatic N) is 1. The molecule has 0 saturated heterocycles. The second-order valence-electron chi connectivity index (χ2n) is 10.7. The third-order valence-corrected chi connectivity index (χ3v) is 6.98. The molecular formula is C31H42N4O6. The maximum Gasteiger partial charge on any atom is 0.337 e. The van der Waals surface area contributed by atoms with E-state index in [1.54, 1.807) is 12.1 Å². The lowest BCUT2D eigenvalue weighted by Crippen LogP contribution is -2.58. The molecule has 0 bridgehead atoms. The molecule has 10 nitrogen and oxygen atoms in total. The number of likely N-dealkylation sites (N-methyl/N-ethyl adjacent to an activating group) is 1. The standard InChI is InChI=1S/C31H42N4O6/c1-7-20(4)27(32-21(5)36)30(39)35(6)26(18-22-13-9-8-10-14-22)29(38)34-25(17-19(2)3)28(37)33-24-16-12-11-15-23(24)31(40)41/h8-16,19-20,25-27H,7,17-18H2,1-6H3,(H,32,36)(H,33,37)(H,34,38)(H,40,41)/t20-,25+,26-,27+/m1/s1. The van der Waals surface area contributed by atoms with Crippen LogP contribution in [0.2, 0.25) is 0 Å². The van der Waals surface area contributed by atoms with Crippen molar-refractivity contribution in [3.8, 4) is 0 Å². The normalized spacial score (nSPS) is 13.8. The molecule has 0 aliphatic carbocycles. The molecule has 2 aromatic rings. The fourth-order valence-corrected chi connectivity index (χ4v) is 4.49. The van der Waals surface area contributed by atoms with Crippen molar-refractivity contribution in [3.63, 3.8) is 0 Å². The Morgan fingerprint density at radius 1 is 0.878 bits per heavy atom. The van der Waals surface area contributed by atoms with Gasteiger partial charge in [0.05, 0.1) is 11.3 Å². The van der Waals surface area contributed by atoms with Gasteiger partial charge in [-0.05, 0) is 36.0 Å². The molecule has 0 radical (unpaired) electrons. The number of benzene rings is 2. The molecule has 41 heavy (non-hydrogen) atoms. The minimum absolute atomic E-state index is 0.0160. The van der Waals surface area contributed by atoms with Crippen LogP contribution in [0, 0.1) is 11.8 Å². The van der Waals surface area contributed by atoms with Gasteiger partial charge in [0.25, 0.3) is 0 Å². The number of anilines is 1. The number of aromatic carboxylic acids is 1. The topological polar surface area (TPSA) is 145 Å². The number of rotatable bonds is 14. The van der Waals surface area contributed by atoms with E-state index in [1.165, 1.54) is 31.0 Å². The van der Waals surface area contributed by atoms with Crippen molar-refractivity contribution in [3.05, 3.63) is 65.7 Å². The van der Waals surface area contributed by atoms with Crippen molar-refractivity contribution in [2.45, 2.75) is 72.0 Å². The molecule has 0 saturated carbocycles. The number of hydrogen-bond acceptors (Lipinski definition) is 5. The zero-order valence-corrected chi connectivity index (χ0v) is 24.6. The van der Waals surface area contributed by atoms with E-state index < -0.39 is 41.8 Å². The highest BCUT2D eigenvalue weighted by atomic mass is 16.4. The number of para-hydroxylation sites is 1. The molecule has 2 rings (SSSR count). The molecule has 0 aliphatic rings. The average Bonchev–Trinajstić information content (AvgIpc) is 2.93. The molecule has 0 aliphatic heterocycles. The zero-order valence-electron chi connectivity index (χ0n) is 24.6. The van der Waals surface area contributed by atoms with Gasteiger partial charge in [-0.3, -0.25) is 19.2 Å². The van der Waals surface area contributed by atoms with E-state index in [2.05, 4.69) is 16.0 Å². The number of hydrogen-bond donors (Lipinski definition) is 4. The van der Waals surface area contributed by atoms with Gasteiger partial charge in [0.15, 0.2) is 0 Å². The van der Waals surface area contributed by atoms with Crippen LogP contribution >= 0.6 is 0 Å². The van der Waals surface area contributed by atoms with Crippen molar-refractivity contribution in [2.24, 2.45) is 11.8 Å². The highest BCUT2D eigenvalue weighted by molar-refractivity contribution is 6.03. The Bertz CT molecular complexity index is 1220. The van der Waals surface area contributed by atoms with Gasteiger partial charge in [-0.15, -0.1) is 0 Å². The van der Waals surface area contributed by atoms with E-state index in [-0.39, 0.29) is 41.8 Å². The molecule has 0 aromatic heterocycles. The Morgan fingerprint density at radius 3 is 2.05 bits per heavy atom. The van der Waals surface area contributed by atoms with Gasteiger partial charge in [0.2, 0.25) is 23.6 Å². The van der Waals surface area contributed by atoms with Crippen molar-refractivity contribution < 1.29 is 29.1 Å². The Labute approximate surface area is 241 Å². The van der Waals surface area contributed by atoms with Crippen molar-refractivity contribution in [1.29, 1.82) is 0 Å². The lowest BCUT2D eigenvalue weighted by atomic mass is 9.95. The first-order valence-electron chi connectivity index (χ1n) is 13.9.